The summed E-state index contributed by atoms with van der Waals surface area (Å²) in [6.07, 6.45) is 9.84. The van der Waals surface area contributed by atoms with Crippen LogP contribution < -0.4 is 5.32 Å². The van der Waals surface area contributed by atoms with E-state index in [1.54, 1.807) is 6.08 Å². The molecule has 0 aliphatic heterocycles. The van der Waals surface area contributed by atoms with E-state index < -0.39 is 0 Å². The second-order valence-electron chi connectivity index (χ2n) is 8.52. The predicted molar refractivity (Wildman–Crippen MR) is 130 cm³/mol. The monoisotopic (exact) mass is 422 g/mol. The van der Waals surface area contributed by atoms with Crippen molar-refractivity contribution in [3.05, 3.63) is 41.1 Å². The lowest BCUT2D eigenvalue weighted by molar-refractivity contribution is -0.117. The Morgan fingerprint density at radius 2 is 1.84 bits per heavy atom. The first kappa shape index (κ1) is 24.7. The number of hydrogen-bond donors (Lipinski definition) is 1. The fourth-order valence-electron chi connectivity index (χ4n) is 3.97. The van der Waals surface area contributed by atoms with Crippen LogP contribution in [0.4, 0.5) is 0 Å². The molecule has 0 spiro atoms. The molecular weight excluding hydrogens is 384 g/mol. The van der Waals surface area contributed by atoms with Gasteiger partial charge >= 0.3 is 0 Å². The van der Waals surface area contributed by atoms with Gasteiger partial charge in [-0.3, -0.25) is 4.79 Å². The Kier molecular flexibility index (Phi) is 10.3. The number of hydrogen-bond acceptors (Lipinski definition) is 3. The van der Waals surface area contributed by atoms with Crippen LogP contribution in [0.25, 0.3) is 17.0 Å². The number of aromatic nitrogens is 1. The zero-order valence-corrected chi connectivity index (χ0v) is 19.7. The minimum Gasteiger partial charge on any atom is -0.351 e. The van der Waals surface area contributed by atoms with Gasteiger partial charge in [-0.1, -0.05) is 57.2 Å². The lowest BCUT2D eigenvalue weighted by Crippen LogP contribution is -2.25. The molecule has 2 aromatic rings. The van der Waals surface area contributed by atoms with Crippen LogP contribution >= 0.6 is 0 Å². The molecule has 5 heteroatoms. The molecule has 31 heavy (non-hydrogen) atoms. The van der Waals surface area contributed by atoms with Gasteiger partial charge < -0.3 is 14.8 Å². The lowest BCUT2D eigenvalue weighted by atomic mass is 10.1. The largest absolute Gasteiger partial charge is 0.351 e. The fraction of sp³-hybridized carbons (Fsp3) is 0.538. The van der Waals surface area contributed by atoms with Gasteiger partial charge in [-0.15, -0.1) is 0 Å². The number of nitriles is 1. The number of benzene rings is 1. The summed E-state index contributed by atoms with van der Waals surface area (Å²) in [5, 5.41) is 13.6. The molecule has 1 heterocycles. The molecule has 1 N–H and O–H groups in total. The standard InChI is InChI=1S/C26H38N4O/c1-5-6-7-8-9-12-16-28-26(31)22(20-27)19-24-21(2)30(18-13-17-29(3)4)25-15-11-10-14-23(24)25/h10-11,14-15,19H,5-9,12-13,16-18H2,1-4H3,(H,28,31)/b22-19+. The summed E-state index contributed by atoms with van der Waals surface area (Å²) in [5.74, 6) is -0.278. The van der Waals surface area contributed by atoms with Crippen molar-refractivity contribution in [1.82, 2.24) is 14.8 Å². The zero-order chi connectivity index (χ0) is 22.6. The van der Waals surface area contributed by atoms with E-state index in [-0.39, 0.29) is 11.5 Å². The van der Waals surface area contributed by atoms with Gasteiger partial charge in [0.1, 0.15) is 11.6 Å². The molecule has 0 saturated heterocycles. The van der Waals surface area contributed by atoms with E-state index in [1.165, 1.54) is 25.7 Å². The minimum absolute atomic E-state index is 0.172. The first-order valence-corrected chi connectivity index (χ1v) is 11.6. The summed E-state index contributed by atoms with van der Waals surface area (Å²) < 4.78 is 2.30. The number of carbonyl (C=O) groups excluding carboxylic acids is 1. The third kappa shape index (κ3) is 7.25. The topological polar surface area (TPSA) is 61.1 Å². The Morgan fingerprint density at radius 3 is 2.55 bits per heavy atom. The van der Waals surface area contributed by atoms with Crippen LogP contribution in [-0.2, 0) is 11.3 Å². The number of unbranched alkanes of at least 4 members (excludes halogenated alkanes) is 5. The molecule has 1 aromatic heterocycles. The summed E-state index contributed by atoms with van der Waals surface area (Å²) in [4.78, 5) is 14.8. The van der Waals surface area contributed by atoms with E-state index in [2.05, 4.69) is 60.9 Å². The molecule has 2 rings (SSSR count). The van der Waals surface area contributed by atoms with Crippen molar-refractivity contribution in [2.24, 2.45) is 0 Å². The van der Waals surface area contributed by atoms with Crippen LogP contribution in [0.15, 0.2) is 29.8 Å². The maximum Gasteiger partial charge on any atom is 0.261 e. The van der Waals surface area contributed by atoms with Gasteiger partial charge in [0, 0.05) is 35.2 Å². The van der Waals surface area contributed by atoms with Crippen molar-refractivity contribution >= 4 is 22.9 Å². The Bertz CT molecular complexity index is 917. The molecule has 0 aliphatic rings. The molecule has 0 aliphatic carbocycles. The molecule has 0 radical (unpaired) electrons. The van der Waals surface area contributed by atoms with Gasteiger partial charge in [0.2, 0.25) is 0 Å². The Labute approximate surface area is 187 Å². The Balaban J connectivity index is 2.12. The summed E-state index contributed by atoms with van der Waals surface area (Å²) >= 11 is 0. The molecule has 0 bridgehead atoms. The quantitative estimate of drug-likeness (QED) is 0.271. The number of aryl methyl sites for hydroxylation is 1. The summed E-state index contributed by atoms with van der Waals surface area (Å²) in [5.41, 5.74) is 3.38. The predicted octanol–water partition coefficient (Wildman–Crippen LogP) is 5.29. The molecular formula is C26H38N4O. The highest BCUT2D eigenvalue weighted by Gasteiger charge is 2.15. The van der Waals surface area contributed by atoms with Crippen LogP contribution in [0.3, 0.4) is 0 Å². The average molecular weight is 423 g/mol. The molecule has 0 atom stereocenters. The van der Waals surface area contributed by atoms with E-state index in [0.29, 0.717) is 6.54 Å². The minimum atomic E-state index is -0.278. The molecule has 5 nitrogen and oxygen atoms in total. The van der Waals surface area contributed by atoms with Crippen molar-refractivity contribution in [3.63, 3.8) is 0 Å². The highest BCUT2D eigenvalue weighted by atomic mass is 16.1. The second-order valence-corrected chi connectivity index (χ2v) is 8.52. The average Bonchev–Trinajstić information content (AvgIpc) is 3.02. The van der Waals surface area contributed by atoms with Crippen LogP contribution in [0.1, 0.15) is 63.1 Å². The Hall–Kier alpha value is -2.58. The van der Waals surface area contributed by atoms with E-state index in [1.807, 2.05) is 12.1 Å². The van der Waals surface area contributed by atoms with E-state index in [4.69, 9.17) is 0 Å². The third-order valence-electron chi connectivity index (χ3n) is 5.74. The molecule has 1 aromatic carbocycles. The highest BCUT2D eigenvalue weighted by Crippen LogP contribution is 2.28. The number of rotatable bonds is 13. The molecule has 0 unspecified atom stereocenters. The maximum atomic E-state index is 12.6. The number of amides is 1. The van der Waals surface area contributed by atoms with Crippen LogP contribution in [0.5, 0.6) is 0 Å². The summed E-state index contributed by atoms with van der Waals surface area (Å²) in [7, 11) is 4.16. The first-order chi connectivity index (χ1) is 15.0. The number of carbonyl (C=O) groups is 1. The molecule has 0 fully saturated rings. The normalized spacial score (nSPS) is 11.8. The second kappa shape index (κ2) is 13.0. The van der Waals surface area contributed by atoms with Gasteiger partial charge in [0.25, 0.3) is 5.91 Å². The van der Waals surface area contributed by atoms with Crippen LogP contribution in [0, 0.1) is 18.3 Å². The van der Waals surface area contributed by atoms with Crippen molar-refractivity contribution < 1.29 is 4.79 Å². The van der Waals surface area contributed by atoms with Gasteiger partial charge in [-0.05, 0) is 52.5 Å². The van der Waals surface area contributed by atoms with E-state index in [0.717, 1.165) is 54.5 Å². The van der Waals surface area contributed by atoms with E-state index >= 15 is 0 Å². The number of nitrogens with one attached hydrogen (secondary N) is 1. The van der Waals surface area contributed by atoms with Crippen molar-refractivity contribution in [2.45, 2.75) is 65.3 Å². The number of para-hydroxylation sites is 1. The van der Waals surface area contributed by atoms with Crippen LogP contribution in [-0.4, -0.2) is 42.6 Å². The molecule has 168 valence electrons. The van der Waals surface area contributed by atoms with Crippen molar-refractivity contribution in [1.29, 1.82) is 5.26 Å². The first-order valence-electron chi connectivity index (χ1n) is 11.6. The maximum absolute atomic E-state index is 12.6. The molecule has 1 amide bonds. The van der Waals surface area contributed by atoms with Crippen molar-refractivity contribution in [3.8, 4) is 6.07 Å². The number of fused-ring (bicyclic) bond motifs is 1. The van der Waals surface area contributed by atoms with Crippen molar-refractivity contribution in [2.75, 3.05) is 27.2 Å². The fourth-order valence-corrected chi connectivity index (χ4v) is 3.97. The van der Waals surface area contributed by atoms with Gasteiger partial charge in [-0.25, -0.2) is 0 Å². The summed E-state index contributed by atoms with van der Waals surface area (Å²) in [6, 6.07) is 10.3. The zero-order valence-electron chi connectivity index (χ0n) is 19.7. The highest BCUT2D eigenvalue weighted by molar-refractivity contribution is 6.04. The SMILES string of the molecule is CCCCCCCCNC(=O)/C(C#N)=C/c1c(C)n(CCCN(C)C)c2ccccc12. The smallest absolute Gasteiger partial charge is 0.261 e. The van der Waals surface area contributed by atoms with Crippen LogP contribution in [0.2, 0.25) is 0 Å². The van der Waals surface area contributed by atoms with Gasteiger partial charge in [0.05, 0.1) is 0 Å². The molecule has 0 saturated carbocycles. The van der Waals surface area contributed by atoms with Gasteiger partial charge in [0.15, 0.2) is 0 Å². The lowest BCUT2D eigenvalue weighted by Gasteiger charge is -2.12. The summed E-state index contributed by atoms with van der Waals surface area (Å²) in [6.45, 7) is 6.82. The third-order valence-corrected chi connectivity index (χ3v) is 5.74. The number of nitrogens with zero attached hydrogens (tertiary/aromatic N) is 3. The van der Waals surface area contributed by atoms with E-state index in [9.17, 15) is 10.1 Å². The Morgan fingerprint density at radius 1 is 1.13 bits per heavy atom. The van der Waals surface area contributed by atoms with Gasteiger partial charge in [-0.2, -0.15) is 5.26 Å².